The Morgan fingerprint density at radius 2 is 2.13 bits per heavy atom. The van der Waals surface area contributed by atoms with E-state index in [1.807, 2.05) is 29.2 Å². The van der Waals surface area contributed by atoms with Gasteiger partial charge in [0.25, 0.3) is 5.91 Å². The van der Waals surface area contributed by atoms with Crippen molar-refractivity contribution in [2.75, 3.05) is 23.3 Å². The van der Waals surface area contributed by atoms with Gasteiger partial charge in [0, 0.05) is 25.4 Å². The van der Waals surface area contributed by atoms with Gasteiger partial charge in [-0.05, 0) is 37.1 Å². The van der Waals surface area contributed by atoms with Crippen LogP contribution < -0.4 is 10.2 Å². The van der Waals surface area contributed by atoms with Gasteiger partial charge in [0.05, 0.1) is 22.7 Å². The number of carbonyl (C=O) groups is 1. The predicted molar refractivity (Wildman–Crippen MR) is 113 cm³/mol. The fourth-order valence-corrected chi connectivity index (χ4v) is 3.65. The smallest absolute Gasteiger partial charge is 0.258 e. The van der Waals surface area contributed by atoms with E-state index in [1.165, 1.54) is 0 Å². The number of carbonyl (C=O) groups excluding carboxylic acids is 1. The molecule has 1 fully saturated rings. The van der Waals surface area contributed by atoms with Crippen LogP contribution in [0.1, 0.15) is 23.2 Å². The number of pyridine rings is 1. The average Bonchev–Trinajstić information content (AvgIpc) is 3.40. The third kappa shape index (κ3) is 3.62. The molecule has 4 heterocycles. The van der Waals surface area contributed by atoms with Crippen molar-refractivity contribution < 1.29 is 9.90 Å². The molecular formula is C21H21N7O2. The van der Waals surface area contributed by atoms with E-state index in [2.05, 4.69) is 30.5 Å². The number of H-pyrrole nitrogens is 2. The number of hydrogen-bond donors (Lipinski definition) is 4. The Morgan fingerprint density at radius 1 is 1.23 bits per heavy atom. The number of β-amino-alcohol motifs (C(OH)–C–C–N with tert-alkyl or cyclic N) is 1. The second kappa shape index (κ2) is 7.60. The molecule has 9 heteroatoms. The standard InChI is InChI=1S/C21H21N7O2/c29-14-4-3-9-28(12-14)19-8-7-13(11-22-19)21(30)25-18-10-17(26-27-18)20-23-15-5-1-2-6-16(15)24-20/h1-2,5-8,10-11,14,29H,3-4,9,12H2,(H,23,24)(H2,25,26,27,30). The van der Waals surface area contributed by atoms with Crippen LogP contribution in [0.25, 0.3) is 22.6 Å². The Hall–Kier alpha value is -3.72. The van der Waals surface area contributed by atoms with E-state index in [0.717, 1.165) is 36.2 Å². The largest absolute Gasteiger partial charge is 0.391 e. The molecule has 1 aliphatic heterocycles. The van der Waals surface area contributed by atoms with E-state index in [4.69, 9.17) is 0 Å². The highest BCUT2D eigenvalue weighted by Crippen LogP contribution is 2.21. The number of anilines is 2. The quantitative estimate of drug-likeness (QED) is 0.415. The summed E-state index contributed by atoms with van der Waals surface area (Å²) in [5.74, 6) is 1.52. The average molecular weight is 403 g/mol. The monoisotopic (exact) mass is 403 g/mol. The Labute approximate surface area is 172 Å². The number of rotatable bonds is 4. The molecule has 3 aromatic heterocycles. The van der Waals surface area contributed by atoms with Gasteiger partial charge in [-0.25, -0.2) is 9.97 Å². The van der Waals surface area contributed by atoms with Crippen LogP contribution in [0.3, 0.4) is 0 Å². The van der Waals surface area contributed by atoms with Gasteiger partial charge in [-0.1, -0.05) is 12.1 Å². The van der Waals surface area contributed by atoms with Gasteiger partial charge in [-0.3, -0.25) is 9.89 Å². The number of aliphatic hydroxyl groups excluding tert-OH is 1. The molecule has 5 rings (SSSR count). The van der Waals surface area contributed by atoms with Crippen molar-refractivity contribution in [3.05, 3.63) is 54.2 Å². The zero-order valence-corrected chi connectivity index (χ0v) is 16.2. The van der Waals surface area contributed by atoms with Gasteiger partial charge in [-0.15, -0.1) is 0 Å². The maximum absolute atomic E-state index is 12.6. The van der Waals surface area contributed by atoms with Gasteiger partial charge < -0.3 is 20.3 Å². The van der Waals surface area contributed by atoms with Gasteiger partial charge in [0.1, 0.15) is 11.5 Å². The number of para-hydroxylation sites is 2. The maximum atomic E-state index is 12.6. The van der Waals surface area contributed by atoms with Gasteiger partial charge in [-0.2, -0.15) is 5.10 Å². The van der Waals surface area contributed by atoms with Crippen LogP contribution in [0.15, 0.2) is 48.7 Å². The number of nitrogens with one attached hydrogen (secondary N) is 3. The third-order valence-corrected chi connectivity index (χ3v) is 5.19. The van der Waals surface area contributed by atoms with E-state index in [1.54, 1.807) is 24.4 Å². The highest BCUT2D eigenvalue weighted by atomic mass is 16.3. The summed E-state index contributed by atoms with van der Waals surface area (Å²) in [6, 6.07) is 13.0. The van der Waals surface area contributed by atoms with Crippen molar-refractivity contribution in [2.45, 2.75) is 18.9 Å². The van der Waals surface area contributed by atoms with Crippen molar-refractivity contribution in [2.24, 2.45) is 0 Å². The van der Waals surface area contributed by atoms with Crippen LogP contribution in [0.2, 0.25) is 0 Å². The summed E-state index contributed by atoms with van der Waals surface area (Å²) in [6.07, 6.45) is 2.96. The van der Waals surface area contributed by atoms with E-state index in [9.17, 15) is 9.90 Å². The Balaban J connectivity index is 1.27. The van der Waals surface area contributed by atoms with Crippen LogP contribution >= 0.6 is 0 Å². The maximum Gasteiger partial charge on any atom is 0.258 e. The van der Waals surface area contributed by atoms with Gasteiger partial charge >= 0.3 is 0 Å². The molecule has 0 aliphatic carbocycles. The lowest BCUT2D eigenvalue weighted by Gasteiger charge is -2.30. The van der Waals surface area contributed by atoms with E-state index in [-0.39, 0.29) is 12.0 Å². The number of aromatic nitrogens is 5. The molecule has 0 radical (unpaired) electrons. The zero-order valence-electron chi connectivity index (χ0n) is 16.2. The fraction of sp³-hybridized carbons (Fsp3) is 0.238. The molecule has 1 aromatic carbocycles. The number of piperidine rings is 1. The molecule has 4 aromatic rings. The Kier molecular flexibility index (Phi) is 4.64. The number of nitrogens with zero attached hydrogens (tertiary/aromatic N) is 4. The molecule has 152 valence electrons. The zero-order chi connectivity index (χ0) is 20.5. The van der Waals surface area contributed by atoms with Crippen molar-refractivity contribution in [1.29, 1.82) is 0 Å². The number of aliphatic hydroxyl groups is 1. The number of hydrogen-bond acceptors (Lipinski definition) is 6. The topological polar surface area (TPSA) is 123 Å². The van der Waals surface area contributed by atoms with E-state index in [0.29, 0.717) is 29.4 Å². The first-order valence-electron chi connectivity index (χ1n) is 9.87. The molecule has 0 bridgehead atoms. The number of aromatic amines is 2. The first kappa shape index (κ1) is 18.3. The van der Waals surface area contributed by atoms with Gasteiger partial charge in [0.15, 0.2) is 11.6 Å². The molecule has 9 nitrogen and oxygen atoms in total. The predicted octanol–water partition coefficient (Wildman–Crippen LogP) is 2.56. The van der Waals surface area contributed by atoms with Crippen LogP contribution in [0.5, 0.6) is 0 Å². The highest BCUT2D eigenvalue weighted by Gasteiger charge is 2.19. The Bertz CT molecular complexity index is 1150. The van der Waals surface area contributed by atoms with Crippen LogP contribution in [-0.4, -0.2) is 55.4 Å². The lowest BCUT2D eigenvalue weighted by atomic mass is 10.1. The second-order valence-corrected chi connectivity index (χ2v) is 7.37. The van der Waals surface area contributed by atoms with Crippen LogP contribution in [-0.2, 0) is 0 Å². The number of benzene rings is 1. The normalized spacial score (nSPS) is 16.7. The van der Waals surface area contributed by atoms with Crippen molar-refractivity contribution >= 4 is 28.6 Å². The summed E-state index contributed by atoms with van der Waals surface area (Å²) in [5.41, 5.74) is 2.91. The minimum atomic E-state index is -0.329. The number of amides is 1. The lowest BCUT2D eigenvalue weighted by molar-refractivity contribution is 0.102. The van der Waals surface area contributed by atoms with Crippen molar-refractivity contribution in [3.8, 4) is 11.5 Å². The fourth-order valence-electron chi connectivity index (χ4n) is 3.65. The molecule has 1 saturated heterocycles. The summed E-state index contributed by atoms with van der Waals surface area (Å²) in [4.78, 5) is 26.7. The molecular weight excluding hydrogens is 382 g/mol. The van der Waals surface area contributed by atoms with E-state index >= 15 is 0 Å². The SMILES string of the molecule is O=C(Nc1cc(-c2nc3ccccc3[nH]2)[nH]n1)c1ccc(N2CCCC(O)C2)nc1. The van der Waals surface area contributed by atoms with Gasteiger partial charge in [0.2, 0.25) is 0 Å². The lowest BCUT2D eigenvalue weighted by Crippen LogP contribution is -2.38. The summed E-state index contributed by atoms with van der Waals surface area (Å²) >= 11 is 0. The summed E-state index contributed by atoms with van der Waals surface area (Å²) in [5, 5.41) is 19.6. The van der Waals surface area contributed by atoms with Crippen LogP contribution in [0.4, 0.5) is 11.6 Å². The molecule has 0 saturated carbocycles. The first-order chi connectivity index (χ1) is 14.7. The second-order valence-electron chi connectivity index (χ2n) is 7.37. The minimum Gasteiger partial charge on any atom is -0.391 e. The molecule has 1 atom stereocenters. The Morgan fingerprint density at radius 3 is 2.93 bits per heavy atom. The molecule has 0 spiro atoms. The number of imidazole rings is 1. The van der Waals surface area contributed by atoms with Crippen molar-refractivity contribution in [3.63, 3.8) is 0 Å². The van der Waals surface area contributed by atoms with Crippen molar-refractivity contribution in [1.82, 2.24) is 25.1 Å². The summed E-state index contributed by atoms with van der Waals surface area (Å²) in [7, 11) is 0. The molecule has 4 N–H and O–H groups in total. The molecule has 1 unspecified atom stereocenters. The third-order valence-electron chi connectivity index (χ3n) is 5.19. The molecule has 1 aliphatic rings. The first-order valence-corrected chi connectivity index (χ1v) is 9.87. The number of fused-ring (bicyclic) bond motifs is 1. The summed E-state index contributed by atoms with van der Waals surface area (Å²) < 4.78 is 0. The molecule has 30 heavy (non-hydrogen) atoms. The van der Waals surface area contributed by atoms with E-state index < -0.39 is 0 Å². The molecule has 1 amide bonds. The minimum absolute atomic E-state index is 0.296. The highest BCUT2D eigenvalue weighted by molar-refractivity contribution is 6.03. The summed E-state index contributed by atoms with van der Waals surface area (Å²) in [6.45, 7) is 1.42. The van der Waals surface area contributed by atoms with Crippen LogP contribution in [0, 0.1) is 0 Å².